The van der Waals surface area contributed by atoms with Crippen LogP contribution in [0.3, 0.4) is 0 Å². The lowest BCUT2D eigenvalue weighted by Crippen LogP contribution is -2.60. The number of nitrogens with one attached hydrogen (secondary N) is 3. The van der Waals surface area contributed by atoms with Gasteiger partial charge in [-0.2, -0.15) is 13.2 Å². The first-order valence-electron chi connectivity index (χ1n) is 10.9. The monoisotopic (exact) mass is 529 g/mol. The van der Waals surface area contributed by atoms with E-state index in [0.717, 1.165) is 6.20 Å². The van der Waals surface area contributed by atoms with Crippen LogP contribution in [-0.4, -0.2) is 76.2 Å². The average Bonchev–Trinajstić information content (AvgIpc) is 3.27. The Bertz CT molecular complexity index is 1280. The van der Waals surface area contributed by atoms with Crippen LogP contribution >= 0.6 is 0 Å². The summed E-state index contributed by atoms with van der Waals surface area (Å²) in [6, 6.07) is 3.47. The standard InChI is InChI=1S/C21H23F4N7O3S/c1-12(36(34)35)32-7-4-20(5-8-32,19(33)29-11-21(23,24)25)31-18-15(22)10-28-17(30-18)14-9-27-16-13(14)3-2-6-26-16/h2-3,6,9-10,12H,4-5,7-8,11H2,1H3,(H,26,27)(H,29,33)(H,34,35)(H,28,30,31). The summed E-state index contributed by atoms with van der Waals surface area (Å²) in [7, 11) is 0. The van der Waals surface area contributed by atoms with Crippen LogP contribution in [0.1, 0.15) is 19.8 Å². The van der Waals surface area contributed by atoms with E-state index >= 15 is 0 Å². The molecule has 1 aliphatic rings. The highest BCUT2D eigenvalue weighted by Gasteiger charge is 2.44. The second-order valence-corrected chi connectivity index (χ2v) is 9.64. The van der Waals surface area contributed by atoms with Gasteiger partial charge in [0.15, 0.2) is 28.5 Å². The van der Waals surface area contributed by atoms with Crippen molar-refractivity contribution in [1.82, 2.24) is 30.2 Å². The summed E-state index contributed by atoms with van der Waals surface area (Å²) in [5.74, 6) is -2.11. The number of H-pyrrole nitrogens is 1. The van der Waals surface area contributed by atoms with E-state index in [4.69, 9.17) is 0 Å². The maximum absolute atomic E-state index is 14.8. The van der Waals surface area contributed by atoms with Gasteiger partial charge in [-0.3, -0.25) is 9.69 Å². The number of hydrogen-bond acceptors (Lipinski definition) is 7. The molecular weight excluding hydrogens is 506 g/mol. The van der Waals surface area contributed by atoms with Crippen LogP contribution in [0.4, 0.5) is 23.4 Å². The van der Waals surface area contributed by atoms with Crippen molar-refractivity contribution < 1.29 is 31.1 Å². The summed E-state index contributed by atoms with van der Waals surface area (Å²) in [5, 5.41) is 4.54. The van der Waals surface area contributed by atoms with Crippen molar-refractivity contribution in [2.75, 3.05) is 25.0 Å². The molecule has 3 aromatic heterocycles. The van der Waals surface area contributed by atoms with Crippen molar-refractivity contribution in [3.63, 3.8) is 0 Å². The molecule has 4 rings (SSSR count). The van der Waals surface area contributed by atoms with Crippen LogP contribution in [0, 0.1) is 5.82 Å². The van der Waals surface area contributed by atoms with Crippen LogP contribution in [0.5, 0.6) is 0 Å². The number of fused-ring (bicyclic) bond motifs is 1. The molecule has 0 radical (unpaired) electrons. The van der Waals surface area contributed by atoms with Crippen molar-refractivity contribution in [1.29, 1.82) is 0 Å². The number of amides is 1. The molecule has 194 valence electrons. The number of piperidine rings is 1. The Morgan fingerprint density at radius 1 is 1.33 bits per heavy atom. The fourth-order valence-electron chi connectivity index (χ4n) is 4.11. The summed E-state index contributed by atoms with van der Waals surface area (Å²) < 4.78 is 74.0. The molecule has 0 spiro atoms. The zero-order valence-corrected chi connectivity index (χ0v) is 19.8. The fraction of sp³-hybridized carbons (Fsp3) is 0.429. The molecular formula is C21H23F4N7O3S. The van der Waals surface area contributed by atoms with Gasteiger partial charge in [-0.15, -0.1) is 0 Å². The van der Waals surface area contributed by atoms with Gasteiger partial charge in [-0.25, -0.2) is 23.6 Å². The predicted molar refractivity (Wildman–Crippen MR) is 124 cm³/mol. The van der Waals surface area contributed by atoms with Crippen LogP contribution in [0.25, 0.3) is 22.4 Å². The fourth-order valence-corrected chi connectivity index (χ4v) is 4.57. The van der Waals surface area contributed by atoms with Gasteiger partial charge in [0.1, 0.15) is 23.1 Å². The summed E-state index contributed by atoms with van der Waals surface area (Å²) in [5.41, 5.74) is -0.571. The number of aromatic nitrogens is 4. The normalized spacial score (nSPS) is 18.1. The van der Waals surface area contributed by atoms with E-state index in [1.807, 2.05) is 5.32 Å². The first-order valence-corrected chi connectivity index (χ1v) is 12.1. The SMILES string of the molecule is CC(N1CCC(Nc2nc(-c3c[nH]c4ncccc34)ncc2F)(C(=O)NCC(F)(F)F)CC1)S(=O)O. The lowest BCUT2D eigenvalue weighted by molar-refractivity contribution is -0.142. The molecule has 1 fully saturated rings. The number of nitrogens with zero attached hydrogens (tertiary/aromatic N) is 4. The minimum atomic E-state index is -4.64. The van der Waals surface area contributed by atoms with Crippen molar-refractivity contribution >= 4 is 33.8 Å². The van der Waals surface area contributed by atoms with Crippen molar-refractivity contribution in [2.24, 2.45) is 0 Å². The topological polar surface area (TPSA) is 136 Å². The quantitative estimate of drug-likeness (QED) is 0.271. The van der Waals surface area contributed by atoms with E-state index in [2.05, 4.69) is 25.3 Å². The number of carbonyl (C=O) groups excluding carboxylic acids is 1. The van der Waals surface area contributed by atoms with Crippen molar-refractivity contribution in [2.45, 2.75) is 36.9 Å². The molecule has 4 heterocycles. The lowest BCUT2D eigenvalue weighted by atomic mass is 9.86. The minimum absolute atomic E-state index is 0.0615. The van der Waals surface area contributed by atoms with Crippen molar-refractivity contribution in [3.8, 4) is 11.4 Å². The first-order chi connectivity index (χ1) is 17.0. The predicted octanol–water partition coefficient (Wildman–Crippen LogP) is 2.65. The number of anilines is 1. The third-order valence-electron chi connectivity index (χ3n) is 6.14. The second-order valence-electron chi connectivity index (χ2n) is 8.41. The number of hydrogen-bond donors (Lipinski definition) is 4. The van der Waals surface area contributed by atoms with Gasteiger partial charge in [0, 0.05) is 36.4 Å². The number of pyridine rings is 1. The van der Waals surface area contributed by atoms with Gasteiger partial charge < -0.3 is 20.2 Å². The third kappa shape index (κ3) is 5.47. The van der Waals surface area contributed by atoms with Crippen LogP contribution < -0.4 is 10.6 Å². The Kier molecular flexibility index (Phi) is 7.24. The molecule has 1 amide bonds. The van der Waals surface area contributed by atoms with E-state index in [9.17, 15) is 31.1 Å². The highest BCUT2D eigenvalue weighted by molar-refractivity contribution is 7.79. The summed E-state index contributed by atoms with van der Waals surface area (Å²) in [4.78, 5) is 30.0. The van der Waals surface area contributed by atoms with Crippen LogP contribution in [0.2, 0.25) is 0 Å². The molecule has 0 bridgehead atoms. The van der Waals surface area contributed by atoms with E-state index in [1.165, 1.54) is 6.92 Å². The third-order valence-corrected chi connectivity index (χ3v) is 7.02. The average molecular weight is 530 g/mol. The maximum Gasteiger partial charge on any atom is 0.405 e. The summed E-state index contributed by atoms with van der Waals surface area (Å²) in [6.45, 7) is 0.170. The van der Waals surface area contributed by atoms with Crippen LogP contribution in [0.15, 0.2) is 30.7 Å². The largest absolute Gasteiger partial charge is 0.405 e. The van der Waals surface area contributed by atoms with E-state index in [0.29, 0.717) is 16.6 Å². The van der Waals surface area contributed by atoms with Gasteiger partial charge in [0.25, 0.3) is 0 Å². The molecule has 0 aliphatic carbocycles. The minimum Gasteiger partial charge on any atom is -0.353 e. The molecule has 36 heavy (non-hydrogen) atoms. The maximum atomic E-state index is 14.8. The second kappa shape index (κ2) is 10.1. The summed E-state index contributed by atoms with van der Waals surface area (Å²) in [6.07, 6.45) is -0.675. The molecule has 2 unspecified atom stereocenters. The summed E-state index contributed by atoms with van der Waals surface area (Å²) >= 11 is -2.16. The van der Waals surface area contributed by atoms with Gasteiger partial charge in [-0.05, 0) is 31.9 Å². The number of rotatable bonds is 7. The first kappa shape index (κ1) is 25.9. The molecule has 0 aromatic carbocycles. The Balaban J connectivity index is 1.65. The molecule has 3 aromatic rings. The number of halogens is 4. The highest BCUT2D eigenvalue weighted by Crippen LogP contribution is 2.31. The van der Waals surface area contributed by atoms with E-state index < -0.39 is 46.4 Å². The smallest absolute Gasteiger partial charge is 0.353 e. The zero-order chi connectivity index (χ0) is 26.1. The Hall–Kier alpha value is -3.17. The molecule has 0 saturated carbocycles. The number of alkyl halides is 3. The number of aromatic amines is 1. The highest BCUT2D eigenvalue weighted by atomic mass is 32.2. The molecule has 1 aliphatic heterocycles. The van der Waals surface area contributed by atoms with Crippen LogP contribution in [-0.2, 0) is 15.9 Å². The molecule has 4 N–H and O–H groups in total. The molecule has 10 nitrogen and oxygen atoms in total. The molecule has 1 saturated heterocycles. The number of likely N-dealkylation sites (tertiary alicyclic amines) is 1. The van der Waals surface area contributed by atoms with Gasteiger partial charge in [0.2, 0.25) is 5.91 Å². The van der Waals surface area contributed by atoms with Gasteiger partial charge >= 0.3 is 6.18 Å². The number of carbonyl (C=O) groups is 1. The lowest BCUT2D eigenvalue weighted by Gasteiger charge is -2.42. The van der Waals surface area contributed by atoms with E-state index in [1.54, 1.807) is 29.4 Å². The van der Waals surface area contributed by atoms with Gasteiger partial charge in [0.05, 0.1) is 6.20 Å². The Morgan fingerprint density at radius 3 is 2.72 bits per heavy atom. The zero-order valence-electron chi connectivity index (χ0n) is 19.0. The molecule has 2 atom stereocenters. The Labute approximate surface area is 205 Å². The van der Waals surface area contributed by atoms with Gasteiger partial charge in [-0.1, -0.05) is 0 Å². The molecule has 15 heteroatoms. The van der Waals surface area contributed by atoms with Crippen molar-refractivity contribution in [3.05, 3.63) is 36.5 Å². The Morgan fingerprint density at radius 2 is 2.06 bits per heavy atom. The van der Waals surface area contributed by atoms with E-state index in [-0.39, 0.29) is 37.6 Å².